The predicted octanol–water partition coefficient (Wildman–Crippen LogP) is 3.12. The van der Waals surface area contributed by atoms with Crippen molar-refractivity contribution in [2.24, 2.45) is 0 Å². The van der Waals surface area contributed by atoms with Crippen molar-refractivity contribution in [2.75, 3.05) is 18.2 Å². The zero-order chi connectivity index (χ0) is 13.1. The highest BCUT2D eigenvalue weighted by Gasteiger charge is 2.07. The standard InChI is InChI=1S/C11H10Cl2N4O/c1-18-8-4-6(2-3-7(8)12)17-11-9(14)10(13)15-5-16-11/h2-5H,14H2,1H3,(H,15,16,17). The summed E-state index contributed by atoms with van der Waals surface area (Å²) in [4.78, 5) is 7.78. The molecule has 18 heavy (non-hydrogen) atoms. The van der Waals surface area contributed by atoms with E-state index in [-0.39, 0.29) is 10.8 Å². The Bertz CT molecular complexity index is 577. The molecule has 0 saturated carbocycles. The fraction of sp³-hybridized carbons (Fsp3) is 0.0909. The van der Waals surface area contributed by atoms with E-state index in [1.165, 1.54) is 6.33 Å². The van der Waals surface area contributed by atoms with E-state index >= 15 is 0 Å². The van der Waals surface area contributed by atoms with Crippen LogP contribution in [0.5, 0.6) is 5.75 Å². The van der Waals surface area contributed by atoms with Crippen LogP contribution >= 0.6 is 23.2 Å². The Kier molecular flexibility index (Phi) is 3.74. The van der Waals surface area contributed by atoms with E-state index < -0.39 is 0 Å². The molecule has 2 aromatic rings. The summed E-state index contributed by atoms with van der Waals surface area (Å²) in [6, 6.07) is 5.22. The fourth-order valence-corrected chi connectivity index (χ4v) is 1.68. The summed E-state index contributed by atoms with van der Waals surface area (Å²) < 4.78 is 5.12. The number of aromatic nitrogens is 2. The highest BCUT2D eigenvalue weighted by atomic mass is 35.5. The van der Waals surface area contributed by atoms with Gasteiger partial charge in [-0.05, 0) is 12.1 Å². The molecule has 0 atom stereocenters. The van der Waals surface area contributed by atoms with Gasteiger partial charge in [-0.25, -0.2) is 9.97 Å². The van der Waals surface area contributed by atoms with E-state index in [0.717, 1.165) is 5.69 Å². The third-order valence-electron chi connectivity index (χ3n) is 2.25. The molecule has 0 aliphatic heterocycles. The molecule has 0 unspecified atom stereocenters. The van der Waals surface area contributed by atoms with Crippen LogP contribution in [0.15, 0.2) is 24.5 Å². The van der Waals surface area contributed by atoms with Crippen LogP contribution in [0, 0.1) is 0 Å². The van der Waals surface area contributed by atoms with Crippen molar-refractivity contribution in [3.05, 3.63) is 34.7 Å². The summed E-state index contributed by atoms with van der Waals surface area (Å²) in [7, 11) is 1.54. The number of methoxy groups -OCH3 is 1. The lowest BCUT2D eigenvalue weighted by Crippen LogP contribution is -2.01. The number of rotatable bonds is 3. The van der Waals surface area contributed by atoms with Crippen molar-refractivity contribution in [3.63, 3.8) is 0 Å². The second kappa shape index (κ2) is 5.29. The van der Waals surface area contributed by atoms with E-state index in [2.05, 4.69) is 15.3 Å². The minimum absolute atomic E-state index is 0.202. The van der Waals surface area contributed by atoms with Crippen molar-refractivity contribution in [1.29, 1.82) is 0 Å². The van der Waals surface area contributed by atoms with Crippen molar-refractivity contribution >= 4 is 40.4 Å². The number of hydrogen-bond donors (Lipinski definition) is 2. The van der Waals surface area contributed by atoms with E-state index in [4.69, 9.17) is 33.7 Å². The summed E-state index contributed by atoms with van der Waals surface area (Å²) in [5.41, 5.74) is 6.77. The van der Waals surface area contributed by atoms with Crippen LogP contribution < -0.4 is 15.8 Å². The molecule has 94 valence electrons. The number of anilines is 3. The molecule has 0 aliphatic carbocycles. The lowest BCUT2D eigenvalue weighted by molar-refractivity contribution is 0.415. The fourth-order valence-electron chi connectivity index (χ4n) is 1.35. The number of halogens is 2. The number of nitrogens with zero attached hydrogens (tertiary/aromatic N) is 2. The zero-order valence-electron chi connectivity index (χ0n) is 9.45. The third-order valence-corrected chi connectivity index (χ3v) is 2.86. The van der Waals surface area contributed by atoms with Gasteiger partial charge in [-0.2, -0.15) is 0 Å². The minimum Gasteiger partial charge on any atom is -0.495 e. The number of ether oxygens (including phenoxy) is 1. The van der Waals surface area contributed by atoms with E-state index in [0.29, 0.717) is 16.6 Å². The first-order chi connectivity index (χ1) is 8.61. The Morgan fingerprint density at radius 2 is 2.06 bits per heavy atom. The third kappa shape index (κ3) is 2.57. The van der Waals surface area contributed by atoms with Gasteiger partial charge < -0.3 is 15.8 Å². The lowest BCUT2D eigenvalue weighted by atomic mass is 10.3. The molecule has 0 fully saturated rings. The summed E-state index contributed by atoms with van der Waals surface area (Å²) in [6.07, 6.45) is 1.33. The summed E-state index contributed by atoms with van der Waals surface area (Å²) >= 11 is 11.7. The van der Waals surface area contributed by atoms with Crippen LogP contribution in [0.1, 0.15) is 0 Å². The van der Waals surface area contributed by atoms with Crippen LogP contribution in [-0.2, 0) is 0 Å². The first kappa shape index (κ1) is 12.7. The molecule has 0 spiro atoms. The van der Waals surface area contributed by atoms with Crippen molar-refractivity contribution in [2.45, 2.75) is 0 Å². The molecule has 0 amide bonds. The van der Waals surface area contributed by atoms with Gasteiger partial charge in [-0.15, -0.1) is 0 Å². The number of nitrogen functional groups attached to an aromatic ring is 1. The molecule has 5 nitrogen and oxygen atoms in total. The van der Waals surface area contributed by atoms with Gasteiger partial charge in [-0.3, -0.25) is 0 Å². The molecular formula is C11H10Cl2N4O. The maximum atomic E-state index is 5.93. The minimum atomic E-state index is 0.202. The quantitative estimate of drug-likeness (QED) is 0.848. The van der Waals surface area contributed by atoms with E-state index in [9.17, 15) is 0 Å². The van der Waals surface area contributed by atoms with Gasteiger partial charge in [-0.1, -0.05) is 23.2 Å². The Morgan fingerprint density at radius 3 is 2.78 bits per heavy atom. The van der Waals surface area contributed by atoms with Gasteiger partial charge in [0, 0.05) is 11.8 Å². The highest BCUT2D eigenvalue weighted by Crippen LogP contribution is 2.30. The maximum Gasteiger partial charge on any atom is 0.158 e. The van der Waals surface area contributed by atoms with E-state index in [1.807, 2.05) is 0 Å². The maximum absolute atomic E-state index is 5.93. The van der Waals surface area contributed by atoms with Gasteiger partial charge in [0.25, 0.3) is 0 Å². The first-order valence-electron chi connectivity index (χ1n) is 4.98. The number of hydrogen-bond acceptors (Lipinski definition) is 5. The lowest BCUT2D eigenvalue weighted by Gasteiger charge is -2.10. The molecular weight excluding hydrogens is 275 g/mol. The Hall–Kier alpha value is -1.72. The number of benzene rings is 1. The second-order valence-electron chi connectivity index (χ2n) is 3.40. The molecule has 1 aromatic heterocycles. The normalized spacial score (nSPS) is 10.2. The van der Waals surface area contributed by atoms with Crippen molar-refractivity contribution < 1.29 is 4.74 Å². The van der Waals surface area contributed by atoms with Crippen molar-refractivity contribution in [3.8, 4) is 5.75 Å². The Balaban J connectivity index is 2.31. The smallest absolute Gasteiger partial charge is 0.158 e. The van der Waals surface area contributed by atoms with Crippen LogP contribution in [0.25, 0.3) is 0 Å². The monoisotopic (exact) mass is 284 g/mol. The molecule has 3 N–H and O–H groups in total. The Labute approximate surface area is 114 Å². The van der Waals surface area contributed by atoms with Crippen LogP contribution in [-0.4, -0.2) is 17.1 Å². The molecule has 1 aromatic carbocycles. The largest absolute Gasteiger partial charge is 0.495 e. The topological polar surface area (TPSA) is 73.1 Å². The van der Waals surface area contributed by atoms with Gasteiger partial charge in [0.1, 0.15) is 17.8 Å². The average Bonchev–Trinajstić information content (AvgIpc) is 2.37. The number of nitrogens with one attached hydrogen (secondary N) is 1. The first-order valence-corrected chi connectivity index (χ1v) is 5.74. The molecule has 1 heterocycles. The van der Waals surface area contributed by atoms with Crippen LogP contribution in [0.3, 0.4) is 0 Å². The summed E-state index contributed by atoms with van der Waals surface area (Å²) in [6.45, 7) is 0. The SMILES string of the molecule is COc1cc(Nc2ncnc(Cl)c2N)ccc1Cl. The Morgan fingerprint density at radius 1 is 1.28 bits per heavy atom. The molecule has 7 heteroatoms. The summed E-state index contributed by atoms with van der Waals surface area (Å²) in [5.74, 6) is 0.986. The molecule has 0 aliphatic rings. The van der Waals surface area contributed by atoms with Gasteiger partial charge in [0.2, 0.25) is 0 Å². The highest BCUT2D eigenvalue weighted by molar-refractivity contribution is 6.32. The molecule has 0 bridgehead atoms. The predicted molar refractivity (Wildman–Crippen MR) is 72.7 cm³/mol. The van der Waals surface area contributed by atoms with Crippen LogP contribution in [0.2, 0.25) is 10.2 Å². The van der Waals surface area contributed by atoms with Gasteiger partial charge >= 0.3 is 0 Å². The summed E-state index contributed by atoms with van der Waals surface area (Å²) in [5, 5.41) is 3.74. The van der Waals surface area contributed by atoms with Crippen molar-refractivity contribution in [1.82, 2.24) is 9.97 Å². The zero-order valence-corrected chi connectivity index (χ0v) is 11.0. The second-order valence-corrected chi connectivity index (χ2v) is 4.17. The van der Waals surface area contributed by atoms with Gasteiger partial charge in [0.05, 0.1) is 12.1 Å². The number of nitrogens with two attached hydrogens (primary N) is 1. The average molecular weight is 285 g/mol. The molecule has 0 radical (unpaired) electrons. The van der Waals surface area contributed by atoms with Crippen LogP contribution in [0.4, 0.5) is 17.2 Å². The molecule has 2 rings (SSSR count). The van der Waals surface area contributed by atoms with E-state index in [1.54, 1.807) is 25.3 Å². The van der Waals surface area contributed by atoms with Gasteiger partial charge in [0.15, 0.2) is 11.0 Å². The molecule has 0 saturated heterocycles.